The first-order valence-electron chi connectivity index (χ1n) is 6.47. The molecular weight excluding hydrogens is 300 g/mol. The molecule has 2 rings (SSSR count). The highest BCUT2D eigenvalue weighted by atomic mass is 35.5. The number of nitriles is 1. The molecule has 0 saturated carbocycles. The standard InChI is InChI=1S/C16H13ClN4O/c1-11(17)12(2)20-16-15(19-7-8-21(16)10-22)14-5-3-13(9-18)4-6-14/h3-8,10H,1-2H3/b12-11+,20-16?. The number of rotatable bonds is 3. The monoisotopic (exact) mass is 312 g/mol. The number of aromatic nitrogens is 2. The van der Waals surface area contributed by atoms with E-state index < -0.39 is 0 Å². The Labute approximate surface area is 132 Å². The normalized spacial score (nSPS) is 12.5. The fraction of sp³-hybridized carbons (Fsp3) is 0.125. The van der Waals surface area contributed by atoms with E-state index >= 15 is 0 Å². The van der Waals surface area contributed by atoms with Crippen LogP contribution < -0.4 is 5.49 Å². The first-order valence-corrected chi connectivity index (χ1v) is 6.85. The molecule has 0 aliphatic heterocycles. The Morgan fingerprint density at radius 2 is 2.05 bits per heavy atom. The number of allylic oxidation sites excluding steroid dienone is 2. The predicted octanol–water partition coefficient (Wildman–Crippen LogP) is 2.85. The van der Waals surface area contributed by atoms with Crippen molar-refractivity contribution in [3.05, 3.63) is 58.4 Å². The van der Waals surface area contributed by atoms with Crippen molar-refractivity contribution < 1.29 is 4.79 Å². The van der Waals surface area contributed by atoms with Crippen molar-refractivity contribution >= 4 is 18.0 Å². The van der Waals surface area contributed by atoms with Crippen LogP contribution in [0.25, 0.3) is 11.3 Å². The molecule has 22 heavy (non-hydrogen) atoms. The first-order chi connectivity index (χ1) is 10.6. The van der Waals surface area contributed by atoms with E-state index in [4.69, 9.17) is 16.9 Å². The minimum atomic E-state index is 0.389. The van der Waals surface area contributed by atoms with Gasteiger partial charge in [0.2, 0.25) is 6.41 Å². The van der Waals surface area contributed by atoms with Gasteiger partial charge in [-0.15, -0.1) is 0 Å². The second-order valence-corrected chi connectivity index (χ2v) is 5.10. The van der Waals surface area contributed by atoms with Crippen molar-refractivity contribution in [3.8, 4) is 17.3 Å². The summed E-state index contributed by atoms with van der Waals surface area (Å²) in [6.07, 6.45) is 3.70. The van der Waals surface area contributed by atoms with Crippen molar-refractivity contribution in [3.63, 3.8) is 0 Å². The summed E-state index contributed by atoms with van der Waals surface area (Å²) in [6, 6.07) is 8.97. The van der Waals surface area contributed by atoms with Gasteiger partial charge in [0.05, 0.1) is 17.3 Å². The third-order valence-corrected chi connectivity index (χ3v) is 3.33. The number of carbonyl (C=O) groups excluding carboxylic acids is 1. The van der Waals surface area contributed by atoms with E-state index in [0.717, 1.165) is 5.56 Å². The van der Waals surface area contributed by atoms with Crippen LogP contribution in [-0.2, 0) is 4.79 Å². The summed E-state index contributed by atoms with van der Waals surface area (Å²) < 4.78 is 1.34. The van der Waals surface area contributed by atoms with Crippen LogP contribution in [0.1, 0.15) is 19.4 Å². The molecule has 1 heterocycles. The van der Waals surface area contributed by atoms with Crippen LogP contribution in [0.2, 0.25) is 0 Å². The molecule has 0 aliphatic carbocycles. The molecule has 110 valence electrons. The van der Waals surface area contributed by atoms with Gasteiger partial charge in [0.1, 0.15) is 5.69 Å². The Hall–Kier alpha value is -2.71. The average molecular weight is 313 g/mol. The average Bonchev–Trinajstić information content (AvgIpc) is 2.55. The molecule has 0 N–H and O–H groups in total. The van der Waals surface area contributed by atoms with Crippen LogP contribution in [0.4, 0.5) is 0 Å². The minimum absolute atomic E-state index is 0.389. The van der Waals surface area contributed by atoms with E-state index in [-0.39, 0.29) is 0 Å². The summed E-state index contributed by atoms with van der Waals surface area (Å²) in [5.74, 6) is 0. The number of halogens is 1. The summed E-state index contributed by atoms with van der Waals surface area (Å²) in [7, 11) is 0. The van der Waals surface area contributed by atoms with Gasteiger partial charge in [0.25, 0.3) is 0 Å². The smallest absolute Gasteiger partial charge is 0.219 e. The maximum atomic E-state index is 11.2. The third-order valence-electron chi connectivity index (χ3n) is 3.06. The Morgan fingerprint density at radius 1 is 1.36 bits per heavy atom. The van der Waals surface area contributed by atoms with Gasteiger partial charge < -0.3 is 0 Å². The third kappa shape index (κ3) is 3.30. The van der Waals surface area contributed by atoms with Crippen molar-refractivity contribution in [2.24, 2.45) is 4.99 Å². The summed E-state index contributed by atoms with van der Waals surface area (Å²) in [5.41, 5.74) is 2.83. The van der Waals surface area contributed by atoms with Crippen LogP contribution in [0.15, 0.2) is 52.4 Å². The molecule has 2 aromatic rings. The highest BCUT2D eigenvalue weighted by molar-refractivity contribution is 6.29. The lowest BCUT2D eigenvalue weighted by atomic mass is 10.1. The van der Waals surface area contributed by atoms with E-state index in [1.54, 1.807) is 38.1 Å². The van der Waals surface area contributed by atoms with E-state index in [1.807, 2.05) is 0 Å². The lowest BCUT2D eigenvalue weighted by Gasteiger charge is -2.06. The van der Waals surface area contributed by atoms with Crippen LogP contribution in [0, 0.1) is 11.3 Å². The van der Waals surface area contributed by atoms with Gasteiger partial charge >= 0.3 is 0 Å². The number of hydrogen-bond donors (Lipinski definition) is 0. The molecule has 0 spiro atoms. The van der Waals surface area contributed by atoms with Crippen LogP contribution in [0.5, 0.6) is 0 Å². The van der Waals surface area contributed by atoms with Gasteiger partial charge in [0.15, 0.2) is 5.49 Å². The van der Waals surface area contributed by atoms with Gasteiger partial charge in [-0.2, -0.15) is 5.26 Å². The Bertz CT molecular complexity index is 838. The van der Waals surface area contributed by atoms with Crippen LogP contribution in [-0.4, -0.2) is 16.0 Å². The molecular formula is C16H13ClN4O. The zero-order valence-corrected chi connectivity index (χ0v) is 12.9. The topological polar surface area (TPSA) is 71.0 Å². The molecule has 0 atom stereocenters. The molecule has 0 bridgehead atoms. The summed E-state index contributed by atoms with van der Waals surface area (Å²) in [5, 5.41) is 9.39. The van der Waals surface area contributed by atoms with Crippen LogP contribution in [0.3, 0.4) is 0 Å². The molecule has 1 aromatic heterocycles. The molecule has 0 aliphatic rings. The van der Waals surface area contributed by atoms with E-state index in [1.165, 1.54) is 17.0 Å². The van der Waals surface area contributed by atoms with Gasteiger partial charge in [-0.05, 0) is 26.0 Å². The first kappa shape index (κ1) is 15.7. The number of carbonyl (C=O) groups is 1. The fourth-order valence-electron chi connectivity index (χ4n) is 1.77. The lowest BCUT2D eigenvalue weighted by Crippen LogP contribution is -2.23. The quantitative estimate of drug-likeness (QED) is 0.818. The maximum absolute atomic E-state index is 11.2. The largest absolute Gasteiger partial charge is 0.278 e. The SMILES string of the molecule is C/C(Cl)=C(/C)N=c1c(-c2ccc(C#N)cc2)nccn1C=O. The molecule has 0 unspecified atom stereocenters. The molecule has 0 saturated heterocycles. The summed E-state index contributed by atoms with van der Waals surface area (Å²) in [4.78, 5) is 19.9. The second kappa shape index (κ2) is 6.83. The zero-order chi connectivity index (χ0) is 16.1. The number of nitrogens with zero attached hydrogens (tertiary/aromatic N) is 4. The van der Waals surface area contributed by atoms with Gasteiger partial charge in [-0.3, -0.25) is 14.3 Å². The molecule has 1 aromatic carbocycles. The summed E-state index contributed by atoms with van der Waals surface area (Å²) in [6.45, 7) is 3.48. The van der Waals surface area contributed by atoms with Gasteiger partial charge in [-0.25, -0.2) is 4.99 Å². The molecule has 0 fully saturated rings. The van der Waals surface area contributed by atoms with E-state index in [9.17, 15) is 4.79 Å². The van der Waals surface area contributed by atoms with Crippen molar-refractivity contribution in [1.29, 1.82) is 5.26 Å². The number of hydrogen-bond acceptors (Lipinski definition) is 4. The molecule has 6 heteroatoms. The second-order valence-electron chi connectivity index (χ2n) is 4.53. The molecule has 0 amide bonds. The Kier molecular flexibility index (Phi) is 4.87. The number of benzene rings is 1. The van der Waals surface area contributed by atoms with Gasteiger partial charge in [-0.1, -0.05) is 23.7 Å². The van der Waals surface area contributed by atoms with E-state index in [0.29, 0.717) is 33.9 Å². The predicted molar refractivity (Wildman–Crippen MR) is 84.3 cm³/mol. The fourth-order valence-corrected chi connectivity index (χ4v) is 1.81. The lowest BCUT2D eigenvalue weighted by molar-refractivity contribution is 0.544. The van der Waals surface area contributed by atoms with Gasteiger partial charge in [0, 0.05) is 23.0 Å². The van der Waals surface area contributed by atoms with Crippen molar-refractivity contribution in [2.75, 3.05) is 0 Å². The Balaban J connectivity index is 2.74. The zero-order valence-electron chi connectivity index (χ0n) is 12.1. The van der Waals surface area contributed by atoms with Crippen molar-refractivity contribution in [2.45, 2.75) is 13.8 Å². The maximum Gasteiger partial charge on any atom is 0.219 e. The Morgan fingerprint density at radius 3 is 2.59 bits per heavy atom. The summed E-state index contributed by atoms with van der Waals surface area (Å²) >= 11 is 5.94. The van der Waals surface area contributed by atoms with Crippen molar-refractivity contribution in [1.82, 2.24) is 9.55 Å². The van der Waals surface area contributed by atoms with Crippen LogP contribution >= 0.6 is 11.6 Å². The molecule has 5 nitrogen and oxygen atoms in total. The highest BCUT2D eigenvalue weighted by Gasteiger charge is 2.07. The van der Waals surface area contributed by atoms with E-state index in [2.05, 4.69) is 16.0 Å². The highest BCUT2D eigenvalue weighted by Crippen LogP contribution is 2.14. The molecule has 0 radical (unpaired) electrons. The minimum Gasteiger partial charge on any atom is -0.278 e.